The molecule has 1 fully saturated rings. The third kappa shape index (κ3) is 4.00. The molecule has 0 aliphatic carbocycles. The SMILES string of the molecule is O=[N+]([O-])c1ccc(N2CC[NH+](Cc3cc(Cl)cc4c3OCOC4)CC2)cc1. The van der Waals surface area contributed by atoms with Crippen LogP contribution in [-0.4, -0.2) is 37.9 Å². The summed E-state index contributed by atoms with van der Waals surface area (Å²) in [6, 6.07) is 10.7. The minimum Gasteiger partial charge on any atom is -0.467 e. The Labute approximate surface area is 162 Å². The van der Waals surface area contributed by atoms with Crippen molar-refractivity contribution in [1.82, 2.24) is 0 Å². The molecule has 7 nitrogen and oxygen atoms in total. The molecule has 0 atom stereocenters. The van der Waals surface area contributed by atoms with Gasteiger partial charge < -0.3 is 19.3 Å². The summed E-state index contributed by atoms with van der Waals surface area (Å²) in [5.41, 5.74) is 3.28. The van der Waals surface area contributed by atoms with E-state index < -0.39 is 0 Å². The van der Waals surface area contributed by atoms with Crippen molar-refractivity contribution in [1.29, 1.82) is 0 Å². The minimum atomic E-state index is -0.370. The van der Waals surface area contributed by atoms with Crippen LogP contribution in [0.5, 0.6) is 5.75 Å². The maximum absolute atomic E-state index is 10.8. The number of rotatable bonds is 4. The van der Waals surface area contributed by atoms with Gasteiger partial charge in [-0.05, 0) is 24.3 Å². The first-order valence-corrected chi connectivity index (χ1v) is 9.33. The van der Waals surface area contributed by atoms with Crippen LogP contribution in [0.3, 0.4) is 0 Å². The molecule has 0 unspecified atom stereocenters. The Bertz CT molecular complexity index is 836. The number of hydrogen-bond donors (Lipinski definition) is 1. The van der Waals surface area contributed by atoms with Crippen molar-refractivity contribution < 1.29 is 19.3 Å². The molecule has 2 aliphatic rings. The first-order valence-electron chi connectivity index (χ1n) is 8.95. The largest absolute Gasteiger partial charge is 0.467 e. The van der Waals surface area contributed by atoms with Crippen LogP contribution in [0, 0.1) is 10.1 Å². The highest BCUT2D eigenvalue weighted by molar-refractivity contribution is 6.30. The number of halogens is 1. The zero-order chi connectivity index (χ0) is 18.8. The highest BCUT2D eigenvalue weighted by atomic mass is 35.5. The molecule has 0 aromatic heterocycles. The number of fused-ring (bicyclic) bond motifs is 1. The molecule has 0 saturated carbocycles. The number of nitrogens with zero attached hydrogens (tertiary/aromatic N) is 2. The van der Waals surface area contributed by atoms with Gasteiger partial charge in [-0.15, -0.1) is 0 Å². The number of ether oxygens (including phenoxy) is 2. The molecule has 4 rings (SSSR count). The first kappa shape index (κ1) is 18.0. The number of non-ortho nitro benzene ring substituents is 1. The summed E-state index contributed by atoms with van der Waals surface area (Å²) in [5, 5.41) is 11.5. The van der Waals surface area contributed by atoms with Crippen LogP contribution >= 0.6 is 11.6 Å². The Morgan fingerprint density at radius 2 is 1.93 bits per heavy atom. The fourth-order valence-corrected chi connectivity index (χ4v) is 3.96. The summed E-state index contributed by atoms with van der Waals surface area (Å²) < 4.78 is 11.1. The lowest BCUT2D eigenvalue weighted by Crippen LogP contribution is -3.13. The molecule has 0 bridgehead atoms. The molecule has 2 aliphatic heterocycles. The maximum Gasteiger partial charge on any atom is 0.269 e. The van der Waals surface area contributed by atoms with Gasteiger partial charge in [-0.2, -0.15) is 0 Å². The minimum absolute atomic E-state index is 0.123. The van der Waals surface area contributed by atoms with E-state index in [4.69, 9.17) is 21.1 Å². The lowest BCUT2D eigenvalue weighted by atomic mass is 10.1. The fraction of sp³-hybridized carbons (Fsp3) is 0.368. The highest BCUT2D eigenvalue weighted by Gasteiger charge is 2.24. The van der Waals surface area contributed by atoms with E-state index in [0.29, 0.717) is 11.6 Å². The molecule has 1 N–H and O–H groups in total. The summed E-state index contributed by atoms with van der Waals surface area (Å²) in [7, 11) is 0. The molecule has 1 saturated heterocycles. The average molecular weight is 391 g/mol. The van der Waals surface area contributed by atoms with Gasteiger partial charge in [-0.1, -0.05) is 11.6 Å². The van der Waals surface area contributed by atoms with Crippen molar-refractivity contribution in [2.45, 2.75) is 13.2 Å². The molecule has 2 heterocycles. The topological polar surface area (TPSA) is 69.3 Å². The third-order valence-corrected chi connectivity index (χ3v) is 5.31. The van der Waals surface area contributed by atoms with Crippen molar-refractivity contribution in [3.05, 3.63) is 62.7 Å². The van der Waals surface area contributed by atoms with Gasteiger partial charge in [0.15, 0.2) is 6.79 Å². The number of nitrogens with one attached hydrogen (secondary N) is 1. The van der Waals surface area contributed by atoms with Gasteiger partial charge in [0.25, 0.3) is 5.69 Å². The lowest BCUT2D eigenvalue weighted by molar-refractivity contribution is -0.914. The Kier molecular flexibility index (Phi) is 5.15. The zero-order valence-corrected chi connectivity index (χ0v) is 15.6. The van der Waals surface area contributed by atoms with Crippen LogP contribution in [0.15, 0.2) is 36.4 Å². The van der Waals surface area contributed by atoms with E-state index in [1.54, 1.807) is 12.1 Å². The van der Waals surface area contributed by atoms with E-state index in [1.807, 2.05) is 24.3 Å². The lowest BCUT2D eigenvalue weighted by Gasteiger charge is -2.34. The van der Waals surface area contributed by atoms with Crippen LogP contribution in [0.4, 0.5) is 11.4 Å². The zero-order valence-electron chi connectivity index (χ0n) is 14.8. The van der Waals surface area contributed by atoms with Crippen molar-refractivity contribution in [2.24, 2.45) is 0 Å². The number of nitro groups is 1. The molecule has 2 aromatic carbocycles. The van der Waals surface area contributed by atoms with Crippen molar-refractivity contribution in [2.75, 3.05) is 37.9 Å². The molecule has 0 amide bonds. The number of hydrogen-bond acceptors (Lipinski definition) is 5. The Morgan fingerprint density at radius 3 is 2.63 bits per heavy atom. The van der Waals surface area contributed by atoms with Crippen molar-refractivity contribution in [3.8, 4) is 5.75 Å². The summed E-state index contributed by atoms with van der Waals surface area (Å²) >= 11 is 6.26. The van der Waals surface area contributed by atoms with E-state index in [1.165, 1.54) is 4.90 Å². The smallest absolute Gasteiger partial charge is 0.269 e. The van der Waals surface area contributed by atoms with Crippen LogP contribution in [-0.2, 0) is 17.9 Å². The summed E-state index contributed by atoms with van der Waals surface area (Å²) in [4.78, 5) is 14.2. The number of piperazine rings is 1. The van der Waals surface area contributed by atoms with Gasteiger partial charge in [-0.3, -0.25) is 10.1 Å². The highest BCUT2D eigenvalue weighted by Crippen LogP contribution is 2.31. The molecule has 0 spiro atoms. The summed E-state index contributed by atoms with van der Waals surface area (Å²) in [5.74, 6) is 0.913. The van der Waals surface area contributed by atoms with Gasteiger partial charge in [0.2, 0.25) is 0 Å². The number of anilines is 1. The molecular formula is C19H21ClN3O4+. The van der Waals surface area contributed by atoms with E-state index in [-0.39, 0.29) is 17.4 Å². The Morgan fingerprint density at radius 1 is 1.19 bits per heavy atom. The Balaban J connectivity index is 1.40. The Hall–Kier alpha value is -2.35. The molecule has 8 heteroatoms. The van der Waals surface area contributed by atoms with E-state index in [2.05, 4.69) is 4.90 Å². The molecular weight excluding hydrogens is 370 g/mol. The predicted octanol–water partition coefficient (Wildman–Crippen LogP) is 2.02. The van der Waals surface area contributed by atoms with Gasteiger partial charge in [0.1, 0.15) is 12.3 Å². The normalized spacial score (nSPS) is 17.3. The maximum atomic E-state index is 10.8. The van der Waals surface area contributed by atoms with Gasteiger partial charge in [0.05, 0.1) is 43.3 Å². The quantitative estimate of drug-likeness (QED) is 0.639. The van der Waals surface area contributed by atoms with Crippen molar-refractivity contribution in [3.63, 3.8) is 0 Å². The van der Waals surface area contributed by atoms with E-state index in [9.17, 15) is 10.1 Å². The van der Waals surface area contributed by atoms with Crippen LogP contribution < -0.4 is 14.5 Å². The van der Waals surface area contributed by atoms with Crippen LogP contribution in [0.1, 0.15) is 11.1 Å². The molecule has 142 valence electrons. The van der Waals surface area contributed by atoms with E-state index >= 15 is 0 Å². The summed E-state index contributed by atoms with van der Waals surface area (Å²) in [6.45, 7) is 5.44. The predicted molar refractivity (Wildman–Crippen MR) is 101 cm³/mol. The van der Waals surface area contributed by atoms with Crippen LogP contribution in [0.25, 0.3) is 0 Å². The molecule has 0 radical (unpaired) electrons. The second-order valence-corrected chi connectivity index (χ2v) is 7.29. The second-order valence-electron chi connectivity index (χ2n) is 6.85. The molecule has 27 heavy (non-hydrogen) atoms. The van der Waals surface area contributed by atoms with E-state index in [0.717, 1.165) is 55.3 Å². The first-order chi connectivity index (χ1) is 13.1. The van der Waals surface area contributed by atoms with Crippen molar-refractivity contribution >= 4 is 23.0 Å². The van der Waals surface area contributed by atoms with Crippen LogP contribution in [0.2, 0.25) is 5.02 Å². The number of nitro benzene ring substituents is 1. The number of benzene rings is 2. The fourth-order valence-electron chi connectivity index (χ4n) is 3.70. The standard InChI is InChI=1S/C19H20ClN3O4/c20-16-9-14(19-15(10-16)12-26-13-27-19)11-21-5-7-22(8-6-21)17-1-3-18(4-2-17)23(24)25/h1-4,9-10H,5-8,11-13H2/p+1. The molecule has 2 aromatic rings. The second kappa shape index (κ2) is 7.72. The third-order valence-electron chi connectivity index (χ3n) is 5.09. The summed E-state index contributed by atoms with van der Waals surface area (Å²) in [6.07, 6.45) is 0. The average Bonchev–Trinajstić information content (AvgIpc) is 2.68. The monoisotopic (exact) mass is 390 g/mol. The number of quaternary nitrogens is 1. The van der Waals surface area contributed by atoms with Gasteiger partial charge in [0, 0.05) is 28.4 Å². The van der Waals surface area contributed by atoms with Gasteiger partial charge in [-0.25, -0.2) is 0 Å². The van der Waals surface area contributed by atoms with Gasteiger partial charge >= 0.3 is 0 Å².